The summed E-state index contributed by atoms with van der Waals surface area (Å²) < 4.78 is 0. The quantitative estimate of drug-likeness (QED) is 0.573. The fourth-order valence-electron chi connectivity index (χ4n) is 2.09. The summed E-state index contributed by atoms with van der Waals surface area (Å²) in [6.07, 6.45) is 1.65. The minimum Gasteiger partial charge on any atom is -0.288 e. The molecule has 1 aromatic heterocycles. The first-order chi connectivity index (χ1) is 11.2. The summed E-state index contributed by atoms with van der Waals surface area (Å²) >= 11 is 0. The predicted octanol–water partition coefficient (Wildman–Crippen LogP) is 2.59. The third-order valence-electron chi connectivity index (χ3n) is 3.17. The van der Waals surface area contributed by atoms with Crippen LogP contribution >= 0.6 is 0 Å². The van der Waals surface area contributed by atoms with Gasteiger partial charge in [-0.1, -0.05) is 60.2 Å². The van der Waals surface area contributed by atoms with Gasteiger partial charge in [0.15, 0.2) is 5.69 Å². The Morgan fingerprint density at radius 2 is 1.91 bits per heavy atom. The monoisotopic (exact) mass is 305 g/mol. The molecule has 2 N–H and O–H groups in total. The van der Waals surface area contributed by atoms with Crippen molar-refractivity contribution in [3.05, 3.63) is 76.1 Å². The summed E-state index contributed by atoms with van der Waals surface area (Å²) in [6, 6.07) is 17.1. The molecule has 2 aromatic carbocycles. The Hall–Kier alpha value is -3.28. The summed E-state index contributed by atoms with van der Waals surface area (Å²) in [5.74, 6) is 0.193. The highest BCUT2D eigenvalue weighted by Gasteiger charge is 2.06. The molecule has 23 heavy (non-hydrogen) atoms. The van der Waals surface area contributed by atoms with Crippen molar-refractivity contribution in [3.8, 4) is 11.3 Å². The zero-order chi connectivity index (χ0) is 16.1. The van der Waals surface area contributed by atoms with Crippen molar-refractivity contribution < 1.29 is 0 Å². The first-order valence-corrected chi connectivity index (χ1v) is 7.10. The first kappa shape index (κ1) is 14.6. The van der Waals surface area contributed by atoms with E-state index in [0.717, 1.165) is 16.7 Å². The van der Waals surface area contributed by atoms with Crippen LogP contribution in [-0.2, 0) is 0 Å². The topological polar surface area (TPSA) is 83.0 Å². The molecule has 6 nitrogen and oxygen atoms in total. The van der Waals surface area contributed by atoms with Crippen LogP contribution in [0.1, 0.15) is 11.1 Å². The van der Waals surface area contributed by atoms with Gasteiger partial charge in [0.1, 0.15) is 0 Å². The second-order valence-electron chi connectivity index (χ2n) is 5.00. The van der Waals surface area contributed by atoms with E-state index in [1.807, 2.05) is 61.5 Å². The Labute approximate surface area is 132 Å². The smallest absolute Gasteiger partial charge is 0.279 e. The number of rotatable bonds is 4. The van der Waals surface area contributed by atoms with Gasteiger partial charge in [-0.2, -0.15) is 5.10 Å². The summed E-state index contributed by atoms with van der Waals surface area (Å²) in [7, 11) is 0. The lowest BCUT2D eigenvalue weighted by Crippen LogP contribution is -2.15. The van der Waals surface area contributed by atoms with Gasteiger partial charge in [-0.25, -0.2) is 5.43 Å². The predicted molar refractivity (Wildman–Crippen MR) is 90.5 cm³/mol. The lowest BCUT2D eigenvalue weighted by Gasteiger charge is -2.01. The Bertz CT molecular complexity index is 887. The van der Waals surface area contributed by atoms with Crippen molar-refractivity contribution in [2.24, 2.45) is 5.10 Å². The standard InChI is InChI=1S/C17H15N5O/c1-12-6-5-7-13(10-12)11-18-21-17-19-16(23)15(20-22-17)14-8-3-2-4-9-14/h2-11H,1H3,(H2,19,21,22,23)/b18-11-. The van der Waals surface area contributed by atoms with E-state index in [9.17, 15) is 4.79 Å². The van der Waals surface area contributed by atoms with Crippen LogP contribution in [-0.4, -0.2) is 21.4 Å². The van der Waals surface area contributed by atoms with Crippen molar-refractivity contribution in [1.29, 1.82) is 0 Å². The van der Waals surface area contributed by atoms with Crippen molar-refractivity contribution in [2.45, 2.75) is 6.92 Å². The van der Waals surface area contributed by atoms with Crippen molar-refractivity contribution in [2.75, 3.05) is 5.43 Å². The number of nitrogens with zero attached hydrogens (tertiary/aromatic N) is 3. The molecule has 0 fully saturated rings. The number of anilines is 1. The largest absolute Gasteiger partial charge is 0.288 e. The highest BCUT2D eigenvalue weighted by Crippen LogP contribution is 2.10. The van der Waals surface area contributed by atoms with Gasteiger partial charge in [0, 0.05) is 5.56 Å². The molecule has 1 heterocycles. The molecule has 0 aliphatic heterocycles. The second kappa shape index (κ2) is 6.65. The molecule has 0 aliphatic carbocycles. The van der Waals surface area contributed by atoms with Crippen LogP contribution in [0.15, 0.2) is 64.5 Å². The van der Waals surface area contributed by atoms with Crippen molar-refractivity contribution in [3.63, 3.8) is 0 Å². The molecule has 0 atom stereocenters. The zero-order valence-corrected chi connectivity index (χ0v) is 12.5. The van der Waals surface area contributed by atoms with Crippen LogP contribution < -0.4 is 11.0 Å². The van der Waals surface area contributed by atoms with Crippen LogP contribution in [0.3, 0.4) is 0 Å². The minimum atomic E-state index is -0.320. The third kappa shape index (κ3) is 3.68. The van der Waals surface area contributed by atoms with E-state index in [0.29, 0.717) is 0 Å². The van der Waals surface area contributed by atoms with E-state index in [-0.39, 0.29) is 17.2 Å². The van der Waals surface area contributed by atoms with E-state index >= 15 is 0 Å². The second-order valence-corrected chi connectivity index (χ2v) is 5.00. The maximum Gasteiger partial charge on any atom is 0.279 e. The van der Waals surface area contributed by atoms with Gasteiger partial charge in [-0.05, 0) is 12.5 Å². The molecule has 3 aromatic rings. The molecule has 0 radical (unpaired) electrons. The molecular formula is C17H15N5O. The Morgan fingerprint density at radius 3 is 2.65 bits per heavy atom. The molecule has 6 heteroatoms. The molecule has 0 saturated carbocycles. The Kier molecular flexibility index (Phi) is 4.24. The maximum atomic E-state index is 12.1. The Morgan fingerprint density at radius 1 is 1.09 bits per heavy atom. The molecule has 114 valence electrons. The Balaban J connectivity index is 1.75. The summed E-state index contributed by atoms with van der Waals surface area (Å²) in [6.45, 7) is 2.01. The van der Waals surface area contributed by atoms with E-state index in [4.69, 9.17) is 0 Å². The van der Waals surface area contributed by atoms with Crippen LogP contribution in [0, 0.1) is 6.92 Å². The normalized spacial score (nSPS) is 10.8. The third-order valence-corrected chi connectivity index (χ3v) is 3.17. The van der Waals surface area contributed by atoms with Gasteiger partial charge >= 0.3 is 0 Å². The summed E-state index contributed by atoms with van der Waals surface area (Å²) in [5.41, 5.74) is 5.45. The number of hydrazone groups is 1. The number of hydrogen-bond acceptors (Lipinski definition) is 5. The van der Waals surface area contributed by atoms with Gasteiger partial charge in [0.2, 0.25) is 5.95 Å². The average molecular weight is 305 g/mol. The van der Waals surface area contributed by atoms with Gasteiger partial charge in [0.25, 0.3) is 5.56 Å². The molecule has 0 amide bonds. The van der Waals surface area contributed by atoms with Crippen molar-refractivity contribution >= 4 is 12.2 Å². The number of benzene rings is 2. The number of aromatic amines is 1. The average Bonchev–Trinajstić information content (AvgIpc) is 2.56. The lowest BCUT2D eigenvalue weighted by atomic mass is 10.2. The SMILES string of the molecule is Cc1cccc(/C=N\Nc2nnc(-c3ccccc3)c(=O)[nH]2)c1. The van der Waals surface area contributed by atoms with Crippen LogP contribution in [0.4, 0.5) is 5.95 Å². The van der Waals surface area contributed by atoms with Gasteiger partial charge in [-0.15, -0.1) is 10.2 Å². The molecule has 0 bridgehead atoms. The molecule has 0 spiro atoms. The highest BCUT2D eigenvalue weighted by atomic mass is 16.1. The number of nitrogens with one attached hydrogen (secondary N) is 2. The van der Waals surface area contributed by atoms with E-state index < -0.39 is 0 Å². The van der Waals surface area contributed by atoms with Crippen LogP contribution in [0.5, 0.6) is 0 Å². The fourth-order valence-corrected chi connectivity index (χ4v) is 2.09. The fraction of sp³-hybridized carbons (Fsp3) is 0.0588. The van der Waals surface area contributed by atoms with Gasteiger partial charge in [0.05, 0.1) is 6.21 Å². The summed E-state index contributed by atoms with van der Waals surface area (Å²) in [5, 5.41) is 11.9. The zero-order valence-electron chi connectivity index (χ0n) is 12.5. The number of aromatic nitrogens is 3. The van der Waals surface area contributed by atoms with E-state index in [1.165, 1.54) is 0 Å². The number of aryl methyl sites for hydroxylation is 1. The van der Waals surface area contributed by atoms with Crippen molar-refractivity contribution in [1.82, 2.24) is 15.2 Å². The number of hydrogen-bond donors (Lipinski definition) is 2. The molecule has 3 rings (SSSR count). The van der Waals surface area contributed by atoms with Crippen LogP contribution in [0.25, 0.3) is 11.3 Å². The molecule has 0 unspecified atom stereocenters. The van der Waals surface area contributed by atoms with E-state index in [2.05, 4.69) is 25.7 Å². The van der Waals surface area contributed by atoms with Gasteiger partial charge < -0.3 is 0 Å². The lowest BCUT2D eigenvalue weighted by molar-refractivity contribution is 0.947. The van der Waals surface area contributed by atoms with Crippen LogP contribution in [0.2, 0.25) is 0 Å². The van der Waals surface area contributed by atoms with E-state index in [1.54, 1.807) is 6.21 Å². The number of H-pyrrole nitrogens is 1. The highest BCUT2D eigenvalue weighted by molar-refractivity contribution is 5.80. The maximum absolute atomic E-state index is 12.1. The first-order valence-electron chi connectivity index (χ1n) is 7.10. The minimum absolute atomic E-state index is 0.193. The summed E-state index contributed by atoms with van der Waals surface area (Å²) in [4.78, 5) is 14.7. The van der Waals surface area contributed by atoms with Gasteiger partial charge in [-0.3, -0.25) is 9.78 Å². The molecule has 0 saturated heterocycles. The molecule has 0 aliphatic rings. The molecular weight excluding hydrogens is 290 g/mol.